The van der Waals surface area contributed by atoms with Gasteiger partial charge >= 0.3 is 0 Å². The molecule has 0 aliphatic rings. The van der Waals surface area contributed by atoms with Gasteiger partial charge in [0, 0.05) is 18.0 Å². The smallest absolute Gasteiger partial charge is 0.264 e. The first-order valence-electron chi connectivity index (χ1n) is 15.2. The maximum absolute atomic E-state index is 13.8. The molecule has 0 fully saturated rings. The fourth-order valence-electron chi connectivity index (χ4n) is 4.69. The van der Waals surface area contributed by atoms with Crippen LogP contribution in [-0.2, 0) is 20.2 Å². The van der Waals surface area contributed by atoms with Crippen molar-refractivity contribution in [2.45, 2.75) is 44.0 Å². The average Bonchev–Trinajstić information content (AvgIpc) is 3.08. The van der Waals surface area contributed by atoms with Crippen molar-refractivity contribution in [1.82, 2.24) is 20.3 Å². The third-order valence-corrected chi connectivity index (χ3v) is 8.67. The van der Waals surface area contributed by atoms with Crippen LogP contribution in [0.5, 0.6) is 23.1 Å². The molecule has 0 aliphatic heterocycles. The number of para-hydroxylation sites is 2. The van der Waals surface area contributed by atoms with Gasteiger partial charge < -0.3 is 19.5 Å². The van der Waals surface area contributed by atoms with Gasteiger partial charge in [-0.05, 0) is 59.9 Å². The lowest BCUT2D eigenvalue weighted by molar-refractivity contribution is -0.123. The molecule has 5 rings (SSSR count). The Morgan fingerprint density at radius 2 is 1.56 bits per heavy atom. The van der Waals surface area contributed by atoms with Gasteiger partial charge in [0.05, 0.1) is 18.0 Å². The summed E-state index contributed by atoms with van der Waals surface area (Å²) < 4.78 is 47.8. The molecule has 248 valence electrons. The minimum absolute atomic E-state index is 0.0111. The van der Waals surface area contributed by atoms with Gasteiger partial charge in [0.2, 0.25) is 5.75 Å². The first-order valence-corrected chi connectivity index (χ1v) is 16.7. The number of hydrogen-bond acceptors (Lipinski definition) is 9. The molecule has 2 N–H and O–H groups in total. The van der Waals surface area contributed by atoms with Gasteiger partial charge in [0.1, 0.15) is 0 Å². The van der Waals surface area contributed by atoms with Crippen molar-refractivity contribution in [3.05, 3.63) is 115 Å². The van der Waals surface area contributed by atoms with Gasteiger partial charge in [-0.3, -0.25) is 14.5 Å². The van der Waals surface area contributed by atoms with Crippen molar-refractivity contribution in [3.8, 4) is 34.5 Å². The van der Waals surface area contributed by atoms with Crippen LogP contribution in [0.1, 0.15) is 44.9 Å². The first kappa shape index (κ1) is 33.9. The highest BCUT2D eigenvalue weighted by Crippen LogP contribution is 2.41. The van der Waals surface area contributed by atoms with Crippen molar-refractivity contribution in [2.24, 2.45) is 0 Å². The number of aromatic nitrogens is 3. The Morgan fingerprint density at radius 3 is 2.21 bits per heavy atom. The summed E-state index contributed by atoms with van der Waals surface area (Å²) in [5.74, 6) is -0.325. The second-order valence-corrected chi connectivity index (χ2v) is 13.6. The SMILES string of the molecule is COc1ccccc1Oc1c(NS(=O)(=O)c2ccc(C(C)(C)C)cc2)nc(-c2cccnc2)nc1OCC(=O)NC(C)c1ccccc1. The van der Waals surface area contributed by atoms with Gasteiger partial charge in [0.25, 0.3) is 21.8 Å². The molecule has 48 heavy (non-hydrogen) atoms. The van der Waals surface area contributed by atoms with E-state index in [2.05, 4.69) is 25.0 Å². The monoisotopic (exact) mass is 667 g/mol. The van der Waals surface area contributed by atoms with Gasteiger partial charge in [-0.2, -0.15) is 4.98 Å². The van der Waals surface area contributed by atoms with Crippen molar-refractivity contribution in [3.63, 3.8) is 0 Å². The zero-order valence-corrected chi connectivity index (χ0v) is 28.1. The highest BCUT2D eigenvalue weighted by Gasteiger charge is 2.26. The van der Waals surface area contributed by atoms with E-state index < -0.39 is 22.5 Å². The molecule has 2 heterocycles. The van der Waals surface area contributed by atoms with Crippen LogP contribution in [0, 0.1) is 0 Å². The highest BCUT2D eigenvalue weighted by molar-refractivity contribution is 7.92. The zero-order chi connectivity index (χ0) is 34.3. The molecule has 12 heteroatoms. The van der Waals surface area contributed by atoms with Crippen molar-refractivity contribution in [2.75, 3.05) is 18.4 Å². The summed E-state index contributed by atoms with van der Waals surface area (Å²) in [6, 6.07) is 26.0. The summed E-state index contributed by atoms with van der Waals surface area (Å²) >= 11 is 0. The number of carbonyl (C=O) groups is 1. The fraction of sp³-hybridized carbons (Fsp3) is 0.222. The fourth-order valence-corrected chi connectivity index (χ4v) is 5.69. The number of pyridine rings is 1. The van der Waals surface area contributed by atoms with Crippen LogP contribution in [0.2, 0.25) is 0 Å². The lowest BCUT2D eigenvalue weighted by Crippen LogP contribution is -2.31. The minimum atomic E-state index is -4.20. The quantitative estimate of drug-likeness (QED) is 0.149. The maximum atomic E-state index is 13.8. The number of amides is 1. The Morgan fingerprint density at radius 1 is 0.875 bits per heavy atom. The van der Waals surface area contributed by atoms with E-state index in [1.54, 1.807) is 54.7 Å². The highest BCUT2D eigenvalue weighted by atomic mass is 32.2. The van der Waals surface area contributed by atoms with Crippen LogP contribution < -0.4 is 24.2 Å². The Bertz CT molecular complexity index is 1970. The molecule has 1 unspecified atom stereocenters. The van der Waals surface area contributed by atoms with E-state index in [-0.39, 0.29) is 45.4 Å². The van der Waals surface area contributed by atoms with E-state index >= 15 is 0 Å². The predicted molar refractivity (Wildman–Crippen MR) is 183 cm³/mol. The Balaban J connectivity index is 1.56. The molecule has 1 atom stereocenters. The van der Waals surface area contributed by atoms with Gasteiger partial charge in [-0.15, -0.1) is 0 Å². The molecule has 11 nitrogen and oxygen atoms in total. The van der Waals surface area contributed by atoms with Crippen LogP contribution in [0.15, 0.2) is 108 Å². The second kappa shape index (κ2) is 14.5. The third kappa shape index (κ3) is 8.26. The molecular formula is C36H37N5O6S. The molecule has 0 spiro atoms. The van der Waals surface area contributed by atoms with Crippen LogP contribution in [0.4, 0.5) is 5.82 Å². The molecule has 0 saturated heterocycles. The van der Waals surface area contributed by atoms with E-state index in [0.717, 1.165) is 11.1 Å². The van der Waals surface area contributed by atoms with Crippen molar-refractivity contribution < 1.29 is 27.4 Å². The van der Waals surface area contributed by atoms with E-state index in [0.29, 0.717) is 11.3 Å². The second-order valence-electron chi connectivity index (χ2n) is 11.9. The van der Waals surface area contributed by atoms with Crippen molar-refractivity contribution >= 4 is 21.7 Å². The number of methoxy groups -OCH3 is 1. The number of sulfonamides is 1. The molecule has 2 aromatic heterocycles. The zero-order valence-electron chi connectivity index (χ0n) is 27.3. The lowest BCUT2D eigenvalue weighted by atomic mass is 9.87. The van der Waals surface area contributed by atoms with Gasteiger partial charge in [-0.25, -0.2) is 13.4 Å². The summed E-state index contributed by atoms with van der Waals surface area (Å²) in [6.45, 7) is 7.53. The standard InChI is InChI=1S/C36H37N5O6S/c1-24(25-12-7-6-8-13-25)38-31(42)23-46-35-32(47-30-16-10-9-15-29(30)45-5)34(39-33(40-35)26-14-11-21-37-22-26)41-48(43,44)28-19-17-27(18-20-28)36(2,3)4/h6-22,24H,23H2,1-5H3,(H,38,42)(H,39,40,41). The number of benzene rings is 3. The van der Waals surface area contributed by atoms with E-state index in [1.165, 1.54) is 25.4 Å². The third-order valence-electron chi connectivity index (χ3n) is 7.31. The summed E-state index contributed by atoms with van der Waals surface area (Å²) in [7, 11) is -2.72. The number of anilines is 1. The summed E-state index contributed by atoms with van der Waals surface area (Å²) in [6.07, 6.45) is 3.11. The van der Waals surface area contributed by atoms with Crippen LogP contribution in [-0.4, -0.2) is 43.0 Å². The molecule has 0 radical (unpaired) electrons. The molecule has 5 aromatic rings. The van der Waals surface area contributed by atoms with Crippen LogP contribution >= 0.6 is 0 Å². The number of nitrogens with zero attached hydrogens (tertiary/aromatic N) is 3. The first-order chi connectivity index (χ1) is 22.9. The predicted octanol–water partition coefficient (Wildman–Crippen LogP) is 6.69. The number of nitrogens with one attached hydrogen (secondary N) is 2. The van der Waals surface area contributed by atoms with Crippen molar-refractivity contribution in [1.29, 1.82) is 0 Å². The molecule has 3 aromatic carbocycles. The molecular weight excluding hydrogens is 630 g/mol. The molecule has 0 bridgehead atoms. The number of hydrogen-bond donors (Lipinski definition) is 2. The molecule has 0 aliphatic carbocycles. The van der Waals surface area contributed by atoms with E-state index in [4.69, 9.17) is 14.2 Å². The van der Waals surface area contributed by atoms with Gasteiger partial charge in [-0.1, -0.05) is 75.4 Å². The van der Waals surface area contributed by atoms with Crippen LogP contribution in [0.3, 0.4) is 0 Å². The summed E-state index contributed by atoms with van der Waals surface area (Å²) in [5.41, 5.74) is 2.19. The largest absolute Gasteiger partial charge is 0.493 e. The normalized spacial score (nSPS) is 12.1. The average molecular weight is 668 g/mol. The Kier molecular flexibility index (Phi) is 10.2. The summed E-state index contributed by atoms with van der Waals surface area (Å²) in [5, 5.41) is 2.90. The Labute approximate surface area is 280 Å². The van der Waals surface area contributed by atoms with E-state index in [9.17, 15) is 13.2 Å². The van der Waals surface area contributed by atoms with Crippen LogP contribution in [0.25, 0.3) is 11.4 Å². The Hall–Kier alpha value is -5.49. The minimum Gasteiger partial charge on any atom is -0.493 e. The number of rotatable bonds is 12. The number of ether oxygens (including phenoxy) is 3. The number of carbonyl (C=O) groups excluding carboxylic acids is 1. The van der Waals surface area contributed by atoms with E-state index in [1.807, 2.05) is 58.0 Å². The molecule has 0 saturated carbocycles. The summed E-state index contributed by atoms with van der Waals surface area (Å²) in [4.78, 5) is 26.3. The molecule has 1 amide bonds. The topological polar surface area (TPSA) is 142 Å². The maximum Gasteiger partial charge on any atom is 0.264 e. The lowest BCUT2D eigenvalue weighted by Gasteiger charge is -2.20. The van der Waals surface area contributed by atoms with Gasteiger partial charge in [0.15, 0.2) is 29.7 Å².